The van der Waals surface area contributed by atoms with Crippen molar-refractivity contribution in [1.29, 1.82) is 0 Å². The summed E-state index contributed by atoms with van der Waals surface area (Å²) >= 11 is 0. The smallest absolute Gasteiger partial charge is 0.378 e. The lowest BCUT2D eigenvalue weighted by Crippen LogP contribution is -2.54. The summed E-state index contributed by atoms with van der Waals surface area (Å²) < 4.78 is 66.9. The van der Waals surface area contributed by atoms with E-state index in [1.807, 2.05) is 0 Å². The van der Waals surface area contributed by atoms with Gasteiger partial charge in [0.15, 0.2) is 0 Å². The number of carbonyl (C=O) groups excluding carboxylic acids is 1. The van der Waals surface area contributed by atoms with Gasteiger partial charge in [0.05, 0.1) is 6.10 Å². The highest BCUT2D eigenvalue weighted by molar-refractivity contribution is 5.84. The maximum absolute atomic E-state index is 12.8. The highest BCUT2D eigenvalue weighted by Gasteiger charge is 2.64. The minimum absolute atomic E-state index is 0.144. The van der Waals surface area contributed by atoms with Gasteiger partial charge < -0.3 is 9.64 Å². The van der Waals surface area contributed by atoms with Gasteiger partial charge >= 0.3 is 18.0 Å². The first-order valence-electron chi connectivity index (χ1n) is 5.55. The maximum Gasteiger partial charge on any atom is 0.463 e. The summed E-state index contributed by atoms with van der Waals surface area (Å²) in [5.41, 5.74) is 0. The van der Waals surface area contributed by atoms with E-state index in [0.29, 0.717) is 11.5 Å². The van der Waals surface area contributed by atoms with Gasteiger partial charge in [0.25, 0.3) is 0 Å². The molecule has 0 unspecified atom stereocenters. The van der Waals surface area contributed by atoms with E-state index in [0.717, 1.165) is 0 Å². The molecule has 1 saturated heterocycles. The van der Waals surface area contributed by atoms with Crippen LogP contribution in [0.4, 0.5) is 22.0 Å². The first-order valence-corrected chi connectivity index (χ1v) is 5.55. The highest BCUT2D eigenvalue weighted by Crippen LogP contribution is 2.37. The number of rotatable bonds is 3. The molecule has 0 bridgehead atoms. The molecule has 0 saturated carbocycles. The van der Waals surface area contributed by atoms with Crippen LogP contribution < -0.4 is 0 Å². The second-order valence-corrected chi connectivity index (χ2v) is 4.02. The summed E-state index contributed by atoms with van der Waals surface area (Å²) in [6.07, 6.45) is -5.49. The molecule has 0 aromatic carbocycles. The zero-order chi connectivity index (χ0) is 14.0. The lowest BCUT2D eigenvalue weighted by molar-refractivity contribution is -0.275. The Balaban J connectivity index is 2.60. The van der Waals surface area contributed by atoms with Gasteiger partial charge in [0.1, 0.15) is 0 Å². The maximum atomic E-state index is 12.8. The Labute approximate surface area is 101 Å². The third-order valence-electron chi connectivity index (χ3n) is 2.76. The molecular weight excluding hydrogens is 261 g/mol. The number of piperidine rings is 1. The summed E-state index contributed by atoms with van der Waals surface area (Å²) in [6, 6.07) is 0. The van der Waals surface area contributed by atoms with Crippen LogP contribution in [0, 0.1) is 0 Å². The predicted octanol–water partition coefficient (Wildman–Crippen LogP) is 2.21. The molecule has 1 amide bonds. The van der Waals surface area contributed by atoms with E-state index in [1.54, 1.807) is 6.92 Å². The van der Waals surface area contributed by atoms with E-state index in [4.69, 9.17) is 4.74 Å². The van der Waals surface area contributed by atoms with Crippen LogP contribution in [0.2, 0.25) is 0 Å². The summed E-state index contributed by atoms with van der Waals surface area (Å²) in [5.74, 6) is -7.49. The number of halogens is 5. The Bertz CT molecular complexity index is 297. The Kier molecular flexibility index (Phi) is 4.52. The average molecular weight is 275 g/mol. The van der Waals surface area contributed by atoms with Gasteiger partial charge in [0, 0.05) is 19.7 Å². The number of hydrogen-bond donors (Lipinski definition) is 0. The SMILES string of the molecule is CCOC1CCN(C(=O)C(F)(F)C(F)(F)F)CC1. The number of carbonyl (C=O) groups is 1. The van der Waals surface area contributed by atoms with Crippen molar-refractivity contribution in [1.82, 2.24) is 4.90 Å². The molecular formula is C10H14F5NO2. The van der Waals surface area contributed by atoms with Gasteiger partial charge in [-0.2, -0.15) is 22.0 Å². The molecule has 1 rings (SSSR count). The van der Waals surface area contributed by atoms with Crippen molar-refractivity contribution in [3.8, 4) is 0 Å². The topological polar surface area (TPSA) is 29.5 Å². The summed E-state index contributed by atoms with van der Waals surface area (Å²) in [6.45, 7) is 1.91. The number of amides is 1. The molecule has 3 nitrogen and oxygen atoms in total. The van der Waals surface area contributed by atoms with Gasteiger partial charge in [-0.1, -0.05) is 0 Å². The van der Waals surface area contributed by atoms with Crippen LogP contribution in [-0.2, 0) is 9.53 Å². The standard InChI is InChI=1S/C10H14F5NO2/c1-2-18-7-3-5-16(6-4-7)8(17)9(11,12)10(13,14)15/h7H,2-6H2,1H3. The molecule has 0 aromatic rings. The van der Waals surface area contributed by atoms with E-state index >= 15 is 0 Å². The van der Waals surface area contributed by atoms with Crippen molar-refractivity contribution < 1.29 is 31.5 Å². The van der Waals surface area contributed by atoms with Gasteiger partial charge in [-0.05, 0) is 19.8 Å². The normalized spacial score (nSPS) is 19.1. The molecule has 0 spiro atoms. The molecule has 0 N–H and O–H groups in total. The van der Waals surface area contributed by atoms with Crippen LogP contribution in [-0.4, -0.2) is 48.7 Å². The minimum atomic E-state index is -5.85. The molecule has 1 heterocycles. The highest BCUT2D eigenvalue weighted by atomic mass is 19.4. The monoisotopic (exact) mass is 275 g/mol. The fraction of sp³-hybridized carbons (Fsp3) is 0.900. The van der Waals surface area contributed by atoms with Crippen molar-refractivity contribution in [3.63, 3.8) is 0 Å². The number of likely N-dealkylation sites (tertiary alicyclic amines) is 1. The Morgan fingerprint density at radius 1 is 1.22 bits per heavy atom. The molecule has 0 aromatic heterocycles. The van der Waals surface area contributed by atoms with Gasteiger partial charge in [0.2, 0.25) is 0 Å². The number of nitrogens with zero attached hydrogens (tertiary/aromatic N) is 1. The van der Waals surface area contributed by atoms with Crippen LogP contribution in [0.25, 0.3) is 0 Å². The third kappa shape index (κ3) is 3.09. The largest absolute Gasteiger partial charge is 0.463 e. The molecule has 0 radical (unpaired) electrons. The van der Waals surface area contributed by atoms with Crippen LogP contribution in [0.15, 0.2) is 0 Å². The van der Waals surface area contributed by atoms with E-state index < -0.39 is 18.0 Å². The van der Waals surface area contributed by atoms with Crippen LogP contribution in [0.1, 0.15) is 19.8 Å². The summed E-state index contributed by atoms with van der Waals surface area (Å²) in [7, 11) is 0. The van der Waals surface area contributed by atoms with E-state index in [9.17, 15) is 26.7 Å². The molecule has 1 aliphatic rings. The van der Waals surface area contributed by atoms with Gasteiger partial charge in [-0.15, -0.1) is 0 Å². The predicted molar refractivity (Wildman–Crippen MR) is 52.2 cm³/mol. The quantitative estimate of drug-likeness (QED) is 0.739. The lowest BCUT2D eigenvalue weighted by Gasteiger charge is -2.34. The number of alkyl halides is 5. The Morgan fingerprint density at radius 2 is 1.72 bits per heavy atom. The summed E-state index contributed by atoms with van der Waals surface area (Å²) in [5, 5.41) is 0. The Hall–Kier alpha value is -0.920. The summed E-state index contributed by atoms with van der Waals surface area (Å²) in [4.78, 5) is 11.7. The van der Waals surface area contributed by atoms with E-state index in [1.165, 1.54) is 0 Å². The molecule has 0 aliphatic carbocycles. The van der Waals surface area contributed by atoms with Gasteiger partial charge in [-0.3, -0.25) is 4.79 Å². The van der Waals surface area contributed by atoms with Gasteiger partial charge in [-0.25, -0.2) is 0 Å². The van der Waals surface area contributed by atoms with Crippen molar-refractivity contribution >= 4 is 5.91 Å². The van der Waals surface area contributed by atoms with Crippen molar-refractivity contribution in [2.75, 3.05) is 19.7 Å². The second kappa shape index (κ2) is 5.38. The third-order valence-corrected chi connectivity index (χ3v) is 2.76. The van der Waals surface area contributed by atoms with E-state index in [-0.39, 0.29) is 32.0 Å². The molecule has 1 fully saturated rings. The Morgan fingerprint density at radius 3 is 2.11 bits per heavy atom. The average Bonchev–Trinajstić information content (AvgIpc) is 2.28. The first kappa shape index (κ1) is 15.1. The zero-order valence-corrected chi connectivity index (χ0v) is 9.77. The molecule has 18 heavy (non-hydrogen) atoms. The molecule has 1 aliphatic heterocycles. The molecule has 0 atom stereocenters. The fourth-order valence-electron chi connectivity index (χ4n) is 1.78. The second-order valence-electron chi connectivity index (χ2n) is 4.02. The van der Waals surface area contributed by atoms with Crippen molar-refractivity contribution in [3.05, 3.63) is 0 Å². The number of hydrogen-bond acceptors (Lipinski definition) is 2. The van der Waals surface area contributed by atoms with Crippen LogP contribution in [0.5, 0.6) is 0 Å². The van der Waals surface area contributed by atoms with E-state index in [2.05, 4.69) is 0 Å². The van der Waals surface area contributed by atoms with Crippen LogP contribution >= 0.6 is 0 Å². The van der Waals surface area contributed by atoms with Crippen LogP contribution in [0.3, 0.4) is 0 Å². The lowest BCUT2D eigenvalue weighted by atomic mass is 10.1. The fourth-order valence-corrected chi connectivity index (χ4v) is 1.78. The molecule has 106 valence electrons. The molecule has 8 heteroatoms. The first-order chi connectivity index (χ1) is 8.20. The number of ether oxygens (including phenoxy) is 1. The van der Waals surface area contributed by atoms with Crippen molar-refractivity contribution in [2.24, 2.45) is 0 Å². The zero-order valence-electron chi connectivity index (χ0n) is 9.77. The van der Waals surface area contributed by atoms with Crippen molar-refractivity contribution in [2.45, 2.75) is 38.0 Å². The minimum Gasteiger partial charge on any atom is -0.378 e.